The maximum Gasteiger partial charge on any atom is 0.161 e. The summed E-state index contributed by atoms with van der Waals surface area (Å²) < 4.78 is 11.4. The Bertz CT molecular complexity index is 460. The second-order valence-electron chi connectivity index (χ2n) is 6.31. The number of benzene rings is 1. The molecule has 0 saturated heterocycles. The van der Waals surface area contributed by atoms with Crippen molar-refractivity contribution in [2.24, 2.45) is 17.6 Å². The molecule has 2 aliphatic rings. The number of ether oxygens (including phenoxy) is 2. The molecular formula is C17H25NO2. The second kappa shape index (κ2) is 6.04. The number of rotatable bonds is 2. The van der Waals surface area contributed by atoms with Crippen LogP contribution in [0.1, 0.15) is 50.6 Å². The Morgan fingerprint density at radius 2 is 1.90 bits per heavy atom. The minimum absolute atomic E-state index is 0.120. The predicted octanol–water partition coefficient (Wildman–Crippen LogP) is 3.67. The van der Waals surface area contributed by atoms with E-state index in [-0.39, 0.29) is 6.04 Å². The Morgan fingerprint density at radius 1 is 1.10 bits per heavy atom. The molecule has 0 bridgehead atoms. The summed E-state index contributed by atoms with van der Waals surface area (Å²) in [5.41, 5.74) is 7.70. The van der Waals surface area contributed by atoms with Crippen molar-refractivity contribution in [3.8, 4) is 11.5 Å². The minimum Gasteiger partial charge on any atom is -0.490 e. The van der Waals surface area contributed by atoms with Gasteiger partial charge in [0.05, 0.1) is 13.2 Å². The fraction of sp³-hybridized carbons (Fsp3) is 0.647. The molecule has 110 valence electrons. The minimum atomic E-state index is 0.120. The van der Waals surface area contributed by atoms with Crippen molar-refractivity contribution >= 4 is 0 Å². The van der Waals surface area contributed by atoms with Gasteiger partial charge < -0.3 is 15.2 Å². The van der Waals surface area contributed by atoms with Gasteiger partial charge >= 0.3 is 0 Å². The van der Waals surface area contributed by atoms with E-state index in [1.54, 1.807) is 0 Å². The fourth-order valence-electron chi connectivity index (χ4n) is 3.47. The third-order valence-electron chi connectivity index (χ3n) is 4.64. The van der Waals surface area contributed by atoms with Crippen LogP contribution in [-0.4, -0.2) is 13.2 Å². The van der Waals surface area contributed by atoms with Crippen molar-refractivity contribution in [3.63, 3.8) is 0 Å². The Kier molecular flexibility index (Phi) is 4.16. The monoisotopic (exact) mass is 275 g/mol. The van der Waals surface area contributed by atoms with Gasteiger partial charge in [-0.2, -0.15) is 0 Å². The van der Waals surface area contributed by atoms with Crippen molar-refractivity contribution in [3.05, 3.63) is 23.8 Å². The summed E-state index contributed by atoms with van der Waals surface area (Å²) in [6.45, 7) is 3.80. The van der Waals surface area contributed by atoms with E-state index < -0.39 is 0 Å². The van der Waals surface area contributed by atoms with Crippen molar-refractivity contribution < 1.29 is 9.47 Å². The quantitative estimate of drug-likeness (QED) is 0.895. The zero-order valence-corrected chi connectivity index (χ0v) is 12.3. The predicted molar refractivity (Wildman–Crippen MR) is 80.1 cm³/mol. The lowest BCUT2D eigenvalue weighted by atomic mass is 9.77. The average Bonchev–Trinajstić information content (AvgIpc) is 2.71. The Balaban J connectivity index is 1.77. The van der Waals surface area contributed by atoms with Gasteiger partial charge in [0.1, 0.15) is 0 Å². The van der Waals surface area contributed by atoms with E-state index in [1.807, 2.05) is 6.07 Å². The molecule has 1 heterocycles. The number of fused-ring (bicyclic) bond motifs is 1. The Hall–Kier alpha value is -1.22. The lowest BCUT2D eigenvalue weighted by molar-refractivity contribution is 0.247. The Labute approximate surface area is 121 Å². The van der Waals surface area contributed by atoms with Gasteiger partial charge in [0.2, 0.25) is 0 Å². The van der Waals surface area contributed by atoms with Crippen LogP contribution in [0.25, 0.3) is 0 Å². The first-order valence-corrected chi connectivity index (χ1v) is 7.89. The van der Waals surface area contributed by atoms with Gasteiger partial charge in [0.25, 0.3) is 0 Å². The van der Waals surface area contributed by atoms with Crippen LogP contribution in [0.5, 0.6) is 11.5 Å². The maximum atomic E-state index is 6.51. The van der Waals surface area contributed by atoms with Crippen LogP contribution in [-0.2, 0) is 0 Å². The summed E-state index contributed by atoms with van der Waals surface area (Å²) in [6, 6.07) is 6.33. The summed E-state index contributed by atoms with van der Waals surface area (Å²) >= 11 is 0. The van der Waals surface area contributed by atoms with Gasteiger partial charge in [0.15, 0.2) is 11.5 Å². The molecule has 1 aliphatic carbocycles. The highest BCUT2D eigenvalue weighted by atomic mass is 16.5. The van der Waals surface area contributed by atoms with Gasteiger partial charge in [0, 0.05) is 12.5 Å². The summed E-state index contributed by atoms with van der Waals surface area (Å²) in [4.78, 5) is 0. The van der Waals surface area contributed by atoms with Crippen LogP contribution >= 0.6 is 0 Å². The van der Waals surface area contributed by atoms with E-state index in [4.69, 9.17) is 15.2 Å². The first kappa shape index (κ1) is 13.7. The molecule has 1 fully saturated rings. The van der Waals surface area contributed by atoms with Gasteiger partial charge in [-0.1, -0.05) is 25.8 Å². The van der Waals surface area contributed by atoms with Crippen LogP contribution in [0.3, 0.4) is 0 Å². The average molecular weight is 275 g/mol. The highest BCUT2D eigenvalue weighted by Gasteiger charge is 2.26. The van der Waals surface area contributed by atoms with Crippen molar-refractivity contribution in [2.75, 3.05) is 13.2 Å². The van der Waals surface area contributed by atoms with Crippen LogP contribution in [0, 0.1) is 11.8 Å². The van der Waals surface area contributed by atoms with Gasteiger partial charge in [-0.05, 0) is 42.4 Å². The lowest BCUT2D eigenvalue weighted by Gasteiger charge is -2.31. The molecule has 3 unspecified atom stereocenters. The van der Waals surface area contributed by atoms with Crippen LogP contribution < -0.4 is 15.2 Å². The molecule has 2 N–H and O–H groups in total. The van der Waals surface area contributed by atoms with E-state index >= 15 is 0 Å². The molecule has 0 spiro atoms. The van der Waals surface area contributed by atoms with Gasteiger partial charge in [-0.25, -0.2) is 0 Å². The van der Waals surface area contributed by atoms with Gasteiger partial charge in [-0.15, -0.1) is 0 Å². The summed E-state index contributed by atoms with van der Waals surface area (Å²) in [5.74, 6) is 3.12. The second-order valence-corrected chi connectivity index (χ2v) is 6.31. The number of hydrogen-bond donors (Lipinski definition) is 1. The van der Waals surface area contributed by atoms with E-state index in [9.17, 15) is 0 Å². The molecule has 3 heteroatoms. The van der Waals surface area contributed by atoms with Crippen molar-refractivity contribution in [2.45, 2.75) is 45.1 Å². The SMILES string of the molecule is CC1CCCC(C(N)c2ccc3c(c2)OCCCO3)C1. The largest absolute Gasteiger partial charge is 0.490 e. The molecule has 0 amide bonds. The molecule has 1 saturated carbocycles. The molecule has 1 aromatic rings. The first-order chi connectivity index (χ1) is 9.74. The third kappa shape index (κ3) is 2.93. The summed E-state index contributed by atoms with van der Waals surface area (Å²) in [7, 11) is 0. The summed E-state index contributed by atoms with van der Waals surface area (Å²) in [6.07, 6.45) is 6.10. The first-order valence-electron chi connectivity index (χ1n) is 7.89. The molecule has 1 aromatic carbocycles. The topological polar surface area (TPSA) is 44.5 Å². The fourth-order valence-corrected chi connectivity index (χ4v) is 3.47. The standard InChI is InChI=1S/C17H25NO2/c1-12-4-2-5-13(10-12)17(18)14-6-7-15-16(11-14)20-9-3-8-19-15/h6-7,11-13,17H,2-5,8-10,18H2,1H3. The zero-order chi connectivity index (χ0) is 13.9. The molecule has 1 aliphatic heterocycles. The highest BCUT2D eigenvalue weighted by Crippen LogP contribution is 2.38. The zero-order valence-electron chi connectivity index (χ0n) is 12.3. The third-order valence-corrected chi connectivity index (χ3v) is 4.64. The normalized spacial score (nSPS) is 27.7. The van der Waals surface area contributed by atoms with E-state index in [2.05, 4.69) is 19.1 Å². The summed E-state index contributed by atoms with van der Waals surface area (Å²) in [5, 5.41) is 0. The molecule has 3 nitrogen and oxygen atoms in total. The van der Waals surface area contributed by atoms with Crippen molar-refractivity contribution in [1.29, 1.82) is 0 Å². The van der Waals surface area contributed by atoms with Crippen LogP contribution in [0.2, 0.25) is 0 Å². The van der Waals surface area contributed by atoms with E-state index in [1.165, 1.54) is 31.2 Å². The molecular weight excluding hydrogens is 250 g/mol. The van der Waals surface area contributed by atoms with E-state index in [0.29, 0.717) is 5.92 Å². The number of hydrogen-bond acceptors (Lipinski definition) is 3. The smallest absolute Gasteiger partial charge is 0.161 e. The number of nitrogens with two attached hydrogens (primary N) is 1. The lowest BCUT2D eigenvalue weighted by Crippen LogP contribution is -2.26. The Morgan fingerprint density at radius 3 is 2.70 bits per heavy atom. The van der Waals surface area contributed by atoms with Gasteiger partial charge in [-0.3, -0.25) is 0 Å². The van der Waals surface area contributed by atoms with Crippen LogP contribution in [0.4, 0.5) is 0 Å². The molecule has 3 atom stereocenters. The highest BCUT2D eigenvalue weighted by molar-refractivity contribution is 5.44. The molecule has 0 radical (unpaired) electrons. The molecule has 20 heavy (non-hydrogen) atoms. The maximum absolute atomic E-state index is 6.51. The van der Waals surface area contributed by atoms with Crippen LogP contribution in [0.15, 0.2) is 18.2 Å². The van der Waals surface area contributed by atoms with E-state index in [0.717, 1.165) is 37.1 Å². The molecule has 0 aromatic heterocycles. The molecule has 3 rings (SSSR count). The van der Waals surface area contributed by atoms with Crippen molar-refractivity contribution in [1.82, 2.24) is 0 Å².